The van der Waals surface area contributed by atoms with E-state index in [9.17, 15) is 0 Å². The van der Waals surface area contributed by atoms with Crippen LogP contribution in [0.15, 0.2) is 46.9 Å². The van der Waals surface area contributed by atoms with Crippen LogP contribution in [0.2, 0.25) is 0 Å². The zero-order chi connectivity index (χ0) is 15.6. The predicted molar refractivity (Wildman–Crippen MR) is 94.2 cm³/mol. The summed E-state index contributed by atoms with van der Waals surface area (Å²) in [4.78, 5) is 10.3. The number of nitrogens with one attached hydrogen (secondary N) is 2. The third-order valence-corrected chi connectivity index (χ3v) is 4.12. The molecule has 0 radical (unpaired) electrons. The van der Waals surface area contributed by atoms with Gasteiger partial charge in [0.25, 0.3) is 0 Å². The Kier molecular flexibility index (Phi) is 6.90. The molecule has 2 aromatic rings. The summed E-state index contributed by atoms with van der Waals surface area (Å²) in [6.07, 6.45) is 2.90. The third kappa shape index (κ3) is 5.85. The van der Waals surface area contributed by atoms with Crippen molar-refractivity contribution in [3.8, 4) is 0 Å². The summed E-state index contributed by atoms with van der Waals surface area (Å²) in [5.41, 5.74) is 0.978. The first-order chi connectivity index (χ1) is 10.8. The number of pyridine rings is 1. The van der Waals surface area contributed by atoms with E-state index >= 15 is 0 Å². The maximum Gasteiger partial charge on any atom is 0.191 e. The van der Waals surface area contributed by atoms with Crippen LogP contribution in [0.3, 0.4) is 0 Å². The fourth-order valence-corrected chi connectivity index (χ4v) is 2.98. The van der Waals surface area contributed by atoms with Gasteiger partial charge >= 0.3 is 0 Å². The van der Waals surface area contributed by atoms with Gasteiger partial charge < -0.3 is 10.6 Å². The van der Waals surface area contributed by atoms with Gasteiger partial charge in [-0.25, -0.2) is 4.99 Å². The standard InChI is InChI=1S/C17H24N4S/c1-3-18-17(21-13-15-7-4-5-9-19-15)20-12-14(2)11-16-8-6-10-22-16/h4-10,14H,3,11-13H2,1-2H3,(H2,18,20,21). The van der Waals surface area contributed by atoms with Gasteiger partial charge in [0.1, 0.15) is 0 Å². The van der Waals surface area contributed by atoms with Crippen LogP contribution in [0.25, 0.3) is 0 Å². The van der Waals surface area contributed by atoms with Crippen LogP contribution in [-0.2, 0) is 13.0 Å². The van der Waals surface area contributed by atoms with Gasteiger partial charge in [0.2, 0.25) is 0 Å². The first kappa shape index (κ1) is 16.5. The monoisotopic (exact) mass is 316 g/mol. The van der Waals surface area contributed by atoms with Gasteiger partial charge in [-0.15, -0.1) is 11.3 Å². The predicted octanol–water partition coefficient (Wildman–Crippen LogP) is 3.08. The Morgan fingerprint density at radius 2 is 2.18 bits per heavy atom. The molecule has 0 fully saturated rings. The highest BCUT2D eigenvalue weighted by molar-refractivity contribution is 7.09. The molecule has 0 spiro atoms. The van der Waals surface area contributed by atoms with Gasteiger partial charge in [-0.1, -0.05) is 19.1 Å². The molecule has 5 heteroatoms. The van der Waals surface area contributed by atoms with Crippen LogP contribution in [0, 0.1) is 5.92 Å². The summed E-state index contributed by atoms with van der Waals surface area (Å²) < 4.78 is 0. The highest BCUT2D eigenvalue weighted by Gasteiger charge is 2.06. The van der Waals surface area contributed by atoms with E-state index in [1.807, 2.05) is 29.5 Å². The van der Waals surface area contributed by atoms with Crippen molar-refractivity contribution in [2.75, 3.05) is 13.1 Å². The molecule has 118 valence electrons. The molecule has 0 saturated carbocycles. The summed E-state index contributed by atoms with van der Waals surface area (Å²) in [7, 11) is 0. The number of rotatable bonds is 7. The molecule has 0 aliphatic heterocycles. The van der Waals surface area contributed by atoms with Gasteiger partial charge in [0.05, 0.1) is 12.2 Å². The molecule has 0 bridgehead atoms. The molecule has 22 heavy (non-hydrogen) atoms. The number of guanidine groups is 1. The lowest BCUT2D eigenvalue weighted by atomic mass is 10.1. The number of hydrogen-bond acceptors (Lipinski definition) is 3. The molecule has 0 aliphatic rings. The highest BCUT2D eigenvalue weighted by atomic mass is 32.1. The Hall–Kier alpha value is -1.88. The maximum atomic E-state index is 4.59. The van der Waals surface area contributed by atoms with Gasteiger partial charge in [0, 0.05) is 24.2 Å². The summed E-state index contributed by atoms with van der Waals surface area (Å²) >= 11 is 1.82. The summed E-state index contributed by atoms with van der Waals surface area (Å²) in [5, 5.41) is 8.83. The number of thiophene rings is 1. The Morgan fingerprint density at radius 3 is 2.86 bits per heavy atom. The van der Waals surface area contributed by atoms with E-state index in [0.29, 0.717) is 12.5 Å². The molecule has 2 heterocycles. The minimum atomic E-state index is 0.567. The zero-order valence-corrected chi connectivity index (χ0v) is 14.1. The van der Waals surface area contributed by atoms with Crippen LogP contribution in [-0.4, -0.2) is 24.0 Å². The molecule has 0 aliphatic carbocycles. The number of aliphatic imine (C=N–C) groups is 1. The molecule has 1 atom stereocenters. The zero-order valence-electron chi connectivity index (χ0n) is 13.2. The van der Waals surface area contributed by atoms with Crippen LogP contribution in [0.5, 0.6) is 0 Å². The molecule has 2 N–H and O–H groups in total. The van der Waals surface area contributed by atoms with E-state index in [0.717, 1.165) is 31.2 Å². The molecule has 0 saturated heterocycles. The lowest BCUT2D eigenvalue weighted by molar-refractivity contribution is 0.562. The van der Waals surface area contributed by atoms with Gasteiger partial charge in [-0.3, -0.25) is 4.98 Å². The second kappa shape index (κ2) is 9.20. The van der Waals surface area contributed by atoms with E-state index in [2.05, 4.69) is 52.0 Å². The van der Waals surface area contributed by atoms with Crippen molar-refractivity contribution in [3.63, 3.8) is 0 Å². The van der Waals surface area contributed by atoms with Crippen LogP contribution in [0.4, 0.5) is 0 Å². The fourth-order valence-electron chi connectivity index (χ4n) is 2.11. The second-order valence-corrected chi connectivity index (χ2v) is 6.32. The first-order valence-corrected chi connectivity index (χ1v) is 8.60. The number of nitrogens with zero attached hydrogens (tertiary/aromatic N) is 2. The SMILES string of the molecule is CCNC(=NCc1ccccn1)NCC(C)Cc1cccs1. The molecule has 0 aromatic carbocycles. The van der Waals surface area contributed by atoms with Gasteiger partial charge in [0.15, 0.2) is 5.96 Å². The molecule has 2 rings (SSSR count). The fraction of sp³-hybridized carbons (Fsp3) is 0.412. The Bertz CT molecular complexity index is 551. The van der Waals surface area contributed by atoms with Crippen molar-refractivity contribution in [1.82, 2.24) is 15.6 Å². The van der Waals surface area contributed by atoms with E-state index in [-0.39, 0.29) is 0 Å². The molecule has 2 aromatic heterocycles. The first-order valence-electron chi connectivity index (χ1n) is 7.72. The van der Waals surface area contributed by atoms with E-state index < -0.39 is 0 Å². The van der Waals surface area contributed by atoms with Crippen molar-refractivity contribution in [3.05, 3.63) is 52.5 Å². The van der Waals surface area contributed by atoms with Crippen molar-refractivity contribution in [2.45, 2.75) is 26.8 Å². The second-order valence-electron chi connectivity index (χ2n) is 5.29. The average molecular weight is 316 g/mol. The minimum Gasteiger partial charge on any atom is -0.357 e. The Morgan fingerprint density at radius 1 is 1.27 bits per heavy atom. The Labute approximate surface area is 136 Å². The van der Waals surface area contributed by atoms with Crippen LogP contribution in [0.1, 0.15) is 24.4 Å². The normalized spacial score (nSPS) is 12.9. The number of hydrogen-bond donors (Lipinski definition) is 2. The molecular weight excluding hydrogens is 292 g/mol. The lowest BCUT2D eigenvalue weighted by Gasteiger charge is -2.15. The smallest absolute Gasteiger partial charge is 0.191 e. The van der Waals surface area contributed by atoms with Crippen molar-refractivity contribution in [2.24, 2.45) is 10.9 Å². The highest BCUT2D eigenvalue weighted by Crippen LogP contribution is 2.13. The quantitative estimate of drug-likeness (QED) is 0.610. The Balaban J connectivity index is 1.82. The third-order valence-electron chi connectivity index (χ3n) is 3.22. The largest absolute Gasteiger partial charge is 0.357 e. The average Bonchev–Trinajstić information content (AvgIpc) is 3.04. The molecule has 1 unspecified atom stereocenters. The van der Waals surface area contributed by atoms with Crippen LogP contribution < -0.4 is 10.6 Å². The van der Waals surface area contributed by atoms with Crippen molar-refractivity contribution < 1.29 is 0 Å². The van der Waals surface area contributed by atoms with E-state index in [1.165, 1.54) is 4.88 Å². The minimum absolute atomic E-state index is 0.567. The molecule has 0 amide bonds. The summed E-state index contributed by atoms with van der Waals surface area (Å²) in [5.74, 6) is 1.42. The van der Waals surface area contributed by atoms with Crippen LogP contribution >= 0.6 is 11.3 Å². The maximum absolute atomic E-state index is 4.59. The van der Waals surface area contributed by atoms with E-state index in [1.54, 1.807) is 6.20 Å². The lowest BCUT2D eigenvalue weighted by Crippen LogP contribution is -2.39. The van der Waals surface area contributed by atoms with E-state index in [4.69, 9.17) is 0 Å². The molecule has 4 nitrogen and oxygen atoms in total. The summed E-state index contributed by atoms with van der Waals surface area (Å²) in [6.45, 7) is 6.69. The summed E-state index contributed by atoms with van der Waals surface area (Å²) in [6, 6.07) is 10.2. The van der Waals surface area contributed by atoms with Crippen molar-refractivity contribution in [1.29, 1.82) is 0 Å². The van der Waals surface area contributed by atoms with Gasteiger partial charge in [-0.05, 0) is 42.8 Å². The topological polar surface area (TPSA) is 49.3 Å². The van der Waals surface area contributed by atoms with Gasteiger partial charge in [-0.2, -0.15) is 0 Å². The molecular formula is C17H24N4S. The number of aromatic nitrogens is 1. The van der Waals surface area contributed by atoms with Crippen molar-refractivity contribution >= 4 is 17.3 Å².